The highest BCUT2D eigenvalue weighted by Crippen LogP contribution is 2.32. The molecule has 3 nitrogen and oxygen atoms in total. The first-order valence-corrected chi connectivity index (χ1v) is 6.61. The number of nitrogens with zero attached hydrogens (tertiary/aromatic N) is 1. The van der Waals surface area contributed by atoms with Gasteiger partial charge in [-0.3, -0.25) is 0 Å². The molecule has 0 radical (unpaired) electrons. The number of anilines is 1. The Bertz CT molecular complexity index is 399. The molecule has 1 aromatic rings. The number of piperazine rings is 1. The van der Waals surface area contributed by atoms with Gasteiger partial charge in [0.25, 0.3) is 0 Å². The van der Waals surface area contributed by atoms with E-state index in [1.54, 1.807) is 0 Å². The standard InChI is InChI=1S/C14H20N2O/c17-14-3-1-2-11-10-12(4-5-13(11)14)16-8-6-15-7-9-16/h4-5,10,14-15,17H,1-3,6-9H2. The van der Waals surface area contributed by atoms with Gasteiger partial charge in [0.1, 0.15) is 0 Å². The van der Waals surface area contributed by atoms with Gasteiger partial charge in [-0.2, -0.15) is 0 Å². The molecule has 3 rings (SSSR count). The Labute approximate surface area is 102 Å². The maximum absolute atomic E-state index is 9.94. The Balaban J connectivity index is 1.86. The Morgan fingerprint density at radius 2 is 2.06 bits per heavy atom. The summed E-state index contributed by atoms with van der Waals surface area (Å²) in [5.74, 6) is 0. The summed E-state index contributed by atoms with van der Waals surface area (Å²) >= 11 is 0. The van der Waals surface area contributed by atoms with Crippen LogP contribution in [-0.4, -0.2) is 31.3 Å². The van der Waals surface area contributed by atoms with Crippen LogP contribution in [-0.2, 0) is 6.42 Å². The van der Waals surface area contributed by atoms with Gasteiger partial charge in [-0.05, 0) is 42.5 Å². The molecule has 1 atom stereocenters. The third kappa shape index (κ3) is 2.17. The molecule has 1 aliphatic heterocycles. The van der Waals surface area contributed by atoms with Crippen molar-refractivity contribution in [1.29, 1.82) is 0 Å². The number of hydrogen-bond donors (Lipinski definition) is 2. The number of aliphatic hydroxyl groups is 1. The second-order valence-electron chi connectivity index (χ2n) is 5.03. The summed E-state index contributed by atoms with van der Waals surface area (Å²) in [4.78, 5) is 2.43. The Kier molecular flexibility index (Phi) is 3.04. The highest BCUT2D eigenvalue weighted by Gasteiger charge is 2.19. The molecule has 1 fully saturated rings. The van der Waals surface area contributed by atoms with Gasteiger partial charge in [0.15, 0.2) is 0 Å². The van der Waals surface area contributed by atoms with Gasteiger partial charge in [0.2, 0.25) is 0 Å². The fraction of sp³-hybridized carbons (Fsp3) is 0.571. The normalized spacial score (nSPS) is 24.5. The molecule has 0 aromatic heterocycles. The lowest BCUT2D eigenvalue weighted by Gasteiger charge is -2.31. The largest absolute Gasteiger partial charge is 0.388 e. The molecule has 17 heavy (non-hydrogen) atoms. The Hall–Kier alpha value is -1.06. The van der Waals surface area contributed by atoms with Crippen LogP contribution < -0.4 is 10.2 Å². The summed E-state index contributed by atoms with van der Waals surface area (Å²) in [6.07, 6.45) is 2.90. The molecule has 0 saturated carbocycles. The minimum Gasteiger partial charge on any atom is -0.388 e. The predicted octanol–water partition coefficient (Wildman–Crippen LogP) is 1.47. The first-order chi connectivity index (χ1) is 8.34. The third-order valence-electron chi connectivity index (χ3n) is 3.89. The molecular formula is C14H20N2O. The molecule has 0 amide bonds. The first-order valence-electron chi connectivity index (χ1n) is 6.61. The SMILES string of the molecule is OC1CCCc2cc(N3CCNCC3)ccc21. The van der Waals surface area contributed by atoms with Crippen molar-refractivity contribution < 1.29 is 5.11 Å². The summed E-state index contributed by atoms with van der Waals surface area (Å²) in [6, 6.07) is 6.57. The third-order valence-corrected chi connectivity index (χ3v) is 3.89. The first kappa shape index (κ1) is 11.1. The fourth-order valence-electron chi connectivity index (χ4n) is 2.89. The van der Waals surface area contributed by atoms with Crippen LogP contribution in [0, 0.1) is 0 Å². The van der Waals surface area contributed by atoms with E-state index in [0.717, 1.165) is 51.0 Å². The van der Waals surface area contributed by atoms with Gasteiger partial charge in [-0.1, -0.05) is 6.07 Å². The molecular weight excluding hydrogens is 212 g/mol. The lowest BCUT2D eigenvalue weighted by molar-refractivity contribution is 0.156. The van der Waals surface area contributed by atoms with E-state index in [2.05, 4.69) is 28.4 Å². The van der Waals surface area contributed by atoms with Gasteiger partial charge in [0.05, 0.1) is 6.10 Å². The van der Waals surface area contributed by atoms with E-state index >= 15 is 0 Å². The van der Waals surface area contributed by atoms with Gasteiger partial charge >= 0.3 is 0 Å². The molecule has 1 aliphatic carbocycles. The Morgan fingerprint density at radius 1 is 1.24 bits per heavy atom. The van der Waals surface area contributed by atoms with Crippen LogP contribution in [0.1, 0.15) is 30.1 Å². The number of aliphatic hydroxyl groups excluding tert-OH is 1. The highest BCUT2D eigenvalue weighted by atomic mass is 16.3. The highest BCUT2D eigenvalue weighted by molar-refractivity contribution is 5.52. The molecule has 3 heteroatoms. The van der Waals surface area contributed by atoms with Crippen molar-refractivity contribution in [3.05, 3.63) is 29.3 Å². The number of hydrogen-bond acceptors (Lipinski definition) is 3. The fourth-order valence-corrected chi connectivity index (χ4v) is 2.89. The number of benzene rings is 1. The molecule has 2 aliphatic rings. The van der Waals surface area contributed by atoms with Crippen LogP contribution in [0.2, 0.25) is 0 Å². The monoisotopic (exact) mass is 232 g/mol. The van der Waals surface area contributed by atoms with E-state index in [4.69, 9.17) is 0 Å². The maximum atomic E-state index is 9.94. The smallest absolute Gasteiger partial charge is 0.0792 e. The van der Waals surface area contributed by atoms with Crippen molar-refractivity contribution in [2.45, 2.75) is 25.4 Å². The van der Waals surface area contributed by atoms with Crippen LogP contribution in [0.5, 0.6) is 0 Å². The van der Waals surface area contributed by atoms with Crippen molar-refractivity contribution in [3.8, 4) is 0 Å². The predicted molar refractivity (Wildman–Crippen MR) is 69.4 cm³/mol. The van der Waals surface area contributed by atoms with Crippen molar-refractivity contribution >= 4 is 5.69 Å². The molecule has 0 spiro atoms. The summed E-state index contributed by atoms with van der Waals surface area (Å²) in [6.45, 7) is 4.31. The molecule has 1 unspecified atom stereocenters. The molecule has 2 N–H and O–H groups in total. The second kappa shape index (κ2) is 4.67. The summed E-state index contributed by atoms with van der Waals surface area (Å²) in [7, 11) is 0. The molecule has 0 bridgehead atoms. The second-order valence-corrected chi connectivity index (χ2v) is 5.03. The number of aryl methyl sites for hydroxylation is 1. The van der Waals surface area contributed by atoms with Crippen molar-refractivity contribution in [2.24, 2.45) is 0 Å². The van der Waals surface area contributed by atoms with Gasteiger partial charge in [-0.15, -0.1) is 0 Å². The summed E-state index contributed by atoms with van der Waals surface area (Å²) in [5.41, 5.74) is 3.81. The van der Waals surface area contributed by atoms with Crippen LogP contribution in [0.4, 0.5) is 5.69 Å². The molecule has 92 valence electrons. The zero-order valence-corrected chi connectivity index (χ0v) is 10.2. The average molecular weight is 232 g/mol. The maximum Gasteiger partial charge on any atom is 0.0792 e. The van der Waals surface area contributed by atoms with Gasteiger partial charge in [-0.25, -0.2) is 0 Å². The van der Waals surface area contributed by atoms with E-state index in [0.29, 0.717) is 0 Å². The van der Waals surface area contributed by atoms with E-state index in [1.165, 1.54) is 11.3 Å². The van der Waals surface area contributed by atoms with Crippen LogP contribution in [0.25, 0.3) is 0 Å². The number of fused-ring (bicyclic) bond motifs is 1. The summed E-state index contributed by atoms with van der Waals surface area (Å²) in [5, 5.41) is 13.3. The lowest BCUT2D eigenvalue weighted by Crippen LogP contribution is -2.43. The molecule has 1 heterocycles. The quantitative estimate of drug-likeness (QED) is 0.769. The van der Waals surface area contributed by atoms with Crippen molar-refractivity contribution in [3.63, 3.8) is 0 Å². The molecule has 1 saturated heterocycles. The van der Waals surface area contributed by atoms with E-state index in [1.807, 2.05) is 0 Å². The minimum absolute atomic E-state index is 0.240. The van der Waals surface area contributed by atoms with Crippen LogP contribution in [0.3, 0.4) is 0 Å². The van der Waals surface area contributed by atoms with Crippen molar-refractivity contribution in [1.82, 2.24) is 5.32 Å². The van der Waals surface area contributed by atoms with E-state index < -0.39 is 0 Å². The number of nitrogens with one attached hydrogen (secondary N) is 1. The average Bonchev–Trinajstić information content (AvgIpc) is 2.40. The van der Waals surface area contributed by atoms with Crippen LogP contribution in [0.15, 0.2) is 18.2 Å². The van der Waals surface area contributed by atoms with Gasteiger partial charge in [0, 0.05) is 31.9 Å². The van der Waals surface area contributed by atoms with E-state index in [-0.39, 0.29) is 6.10 Å². The van der Waals surface area contributed by atoms with Crippen molar-refractivity contribution in [2.75, 3.05) is 31.1 Å². The Morgan fingerprint density at radius 3 is 2.88 bits per heavy atom. The summed E-state index contributed by atoms with van der Waals surface area (Å²) < 4.78 is 0. The van der Waals surface area contributed by atoms with Crippen LogP contribution >= 0.6 is 0 Å². The topological polar surface area (TPSA) is 35.5 Å². The van der Waals surface area contributed by atoms with Gasteiger partial charge < -0.3 is 15.3 Å². The number of rotatable bonds is 1. The minimum atomic E-state index is -0.240. The lowest BCUT2D eigenvalue weighted by atomic mass is 9.89. The molecule has 1 aromatic carbocycles. The van der Waals surface area contributed by atoms with E-state index in [9.17, 15) is 5.11 Å². The zero-order valence-electron chi connectivity index (χ0n) is 10.2. The zero-order chi connectivity index (χ0) is 11.7.